The minimum Gasteiger partial charge on any atom is -0.490 e. The first-order chi connectivity index (χ1) is 13.1. The van der Waals surface area contributed by atoms with E-state index in [1.54, 1.807) is 0 Å². The predicted octanol–water partition coefficient (Wildman–Crippen LogP) is 4.80. The molecule has 1 aliphatic rings. The van der Waals surface area contributed by atoms with Crippen LogP contribution in [0.25, 0.3) is 0 Å². The highest BCUT2D eigenvalue weighted by atomic mass is 35.5. The molecule has 1 N–H and O–H groups in total. The third kappa shape index (κ3) is 5.02. The average molecular weight is 387 g/mol. The molecule has 3 rings (SSSR count). The number of ether oxygens (including phenoxy) is 1. The summed E-state index contributed by atoms with van der Waals surface area (Å²) in [4.78, 5) is 15.0. The maximum atomic E-state index is 12.7. The Bertz CT molecular complexity index is 776. The minimum absolute atomic E-state index is 0.0275. The van der Waals surface area contributed by atoms with Gasteiger partial charge in [-0.2, -0.15) is 0 Å². The van der Waals surface area contributed by atoms with E-state index in [4.69, 9.17) is 16.3 Å². The van der Waals surface area contributed by atoms with Crippen molar-refractivity contribution in [2.45, 2.75) is 26.2 Å². The van der Waals surface area contributed by atoms with E-state index in [1.165, 1.54) is 0 Å². The molecular weight excluding hydrogens is 360 g/mol. The van der Waals surface area contributed by atoms with Crippen LogP contribution < -0.4 is 10.1 Å². The highest BCUT2D eigenvalue weighted by Crippen LogP contribution is 2.50. The number of nitrogens with zero attached hydrogens (tertiary/aromatic N) is 1. The maximum Gasteiger partial charge on any atom is 0.228 e. The number of halogens is 1. The molecule has 4 nitrogen and oxygen atoms in total. The molecule has 1 amide bonds. The van der Waals surface area contributed by atoms with Crippen LogP contribution in [-0.2, 0) is 4.79 Å². The van der Waals surface area contributed by atoms with E-state index in [-0.39, 0.29) is 17.7 Å². The smallest absolute Gasteiger partial charge is 0.228 e. The number of hydrogen-bond acceptors (Lipinski definition) is 3. The van der Waals surface area contributed by atoms with Gasteiger partial charge in [0.15, 0.2) is 0 Å². The Hall–Kier alpha value is -2.04. The topological polar surface area (TPSA) is 41.6 Å². The first-order valence-corrected chi connectivity index (χ1v) is 10.0. The fourth-order valence-corrected chi connectivity index (χ4v) is 3.63. The summed E-state index contributed by atoms with van der Waals surface area (Å²) in [6.45, 7) is 7.75. The van der Waals surface area contributed by atoms with Crippen molar-refractivity contribution in [1.82, 2.24) is 4.90 Å². The molecule has 5 heteroatoms. The zero-order valence-electron chi connectivity index (χ0n) is 16.0. The van der Waals surface area contributed by atoms with E-state index in [1.807, 2.05) is 48.5 Å². The number of anilines is 1. The molecule has 1 aliphatic carbocycles. The van der Waals surface area contributed by atoms with Gasteiger partial charge in [-0.1, -0.05) is 55.8 Å². The Balaban J connectivity index is 1.58. The van der Waals surface area contributed by atoms with Crippen molar-refractivity contribution < 1.29 is 9.53 Å². The normalized spacial score (nSPS) is 18.4. The summed E-state index contributed by atoms with van der Waals surface area (Å²) in [7, 11) is 0. The first kappa shape index (κ1) is 19.7. The van der Waals surface area contributed by atoms with Crippen LogP contribution in [0.4, 0.5) is 5.69 Å². The Kier molecular flexibility index (Phi) is 6.75. The van der Waals surface area contributed by atoms with Crippen molar-refractivity contribution in [3.63, 3.8) is 0 Å². The summed E-state index contributed by atoms with van der Waals surface area (Å²) < 4.78 is 5.93. The Labute approximate surface area is 166 Å². The molecule has 0 radical (unpaired) electrons. The van der Waals surface area contributed by atoms with Crippen molar-refractivity contribution in [3.8, 4) is 5.75 Å². The van der Waals surface area contributed by atoms with Crippen LogP contribution in [0.15, 0.2) is 48.5 Å². The van der Waals surface area contributed by atoms with E-state index >= 15 is 0 Å². The summed E-state index contributed by atoms with van der Waals surface area (Å²) >= 11 is 6.27. The zero-order valence-corrected chi connectivity index (χ0v) is 16.7. The number of para-hydroxylation sites is 2. The third-order valence-corrected chi connectivity index (χ3v) is 5.48. The number of nitrogens with one attached hydrogen (secondary N) is 1. The van der Waals surface area contributed by atoms with E-state index < -0.39 is 0 Å². The Morgan fingerprint density at radius 2 is 1.85 bits per heavy atom. The van der Waals surface area contributed by atoms with Gasteiger partial charge in [0.1, 0.15) is 12.4 Å². The van der Waals surface area contributed by atoms with Crippen LogP contribution in [0.5, 0.6) is 5.75 Å². The quantitative estimate of drug-likeness (QED) is 0.672. The third-order valence-electron chi connectivity index (χ3n) is 5.14. The van der Waals surface area contributed by atoms with Gasteiger partial charge in [0.25, 0.3) is 0 Å². The van der Waals surface area contributed by atoms with Gasteiger partial charge >= 0.3 is 0 Å². The SMILES string of the molecule is CCN(CC)CCOc1ccccc1NC(=O)C1CC1c1ccccc1Cl. The number of carbonyl (C=O) groups is 1. The molecule has 1 saturated carbocycles. The second-order valence-electron chi connectivity index (χ2n) is 6.83. The number of amides is 1. The molecular formula is C22H27ClN2O2. The van der Waals surface area contributed by atoms with Crippen LogP contribution in [0.1, 0.15) is 31.7 Å². The fraction of sp³-hybridized carbons (Fsp3) is 0.409. The van der Waals surface area contributed by atoms with Gasteiger partial charge in [-0.25, -0.2) is 0 Å². The molecule has 0 heterocycles. The zero-order chi connectivity index (χ0) is 19.2. The molecule has 2 aromatic carbocycles. The van der Waals surface area contributed by atoms with Crippen molar-refractivity contribution in [2.24, 2.45) is 5.92 Å². The summed E-state index contributed by atoms with van der Waals surface area (Å²) in [6.07, 6.45) is 0.834. The maximum absolute atomic E-state index is 12.7. The molecule has 1 fully saturated rings. The summed E-state index contributed by atoms with van der Waals surface area (Å²) in [5.74, 6) is 0.913. The fourth-order valence-electron chi connectivity index (χ4n) is 3.35. The van der Waals surface area contributed by atoms with Crippen LogP contribution in [0.2, 0.25) is 5.02 Å². The highest BCUT2D eigenvalue weighted by molar-refractivity contribution is 6.31. The average Bonchev–Trinajstić information content (AvgIpc) is 3.47. The van der Waals surface area contributed by atoms with Gasteiger partial charge in [0.05, 0.1) is 5.69 Å². The summed E-state index contributed by atoms with van der Waals surface area (Å²) in [5, 5.41) is 3.77. The van der Waals surface area contributed by atoms with E-state index in [2.05, 4.69) is 24.1 Å². The number of benzene rings is 2. The minimum atomic E-state index is -0.0337. The number of hydrogen-bond donors (Lipinski definition) is 1. The largest absolute Gasteiger partial charge is 0.490 e. The first-order valence-electron chi connectivity index (χ1n) is 9.63. The van der Waals surface area contributed by atoms with E-state index in [9.17, 15) is 4.79 Å². The molecule has 0 bridgehead atoms. The van der Waals surface area contributed by atoms with Crippen LogP contribution >= 0.6 is 11.6 Å². The van der Waals surface area contributed by atoms with Crippen LogP contribution in [0, 0.1) is 5.92 Å². The van der Waals surface area contributed by atoms with Crippen molar-refractivity contribution in [2.75, 3.05) is 31.6 Å². The predicted molar refractivity (Wildman–Crippen MR) is 111 cm³/mol. The number of rotatable bonds is 9. The van der Waals surface area contributed by atoms with Crippen molar-refractivity contribution in [1.29, 1.82) is 0 Å². The second-order valence-corrected chi connectivity index (χ2v) is 7.24. The van der Waals surface area contributed by atoms with Gasteiger partial charge < -0.3 is 15.0 Å². The molecule has 0 aliphatic heterocycles. The van der Waals surface area contributed by atoms with E-state index in [0.29, 0.717) is 12.4 Å². The van der Waals surface area contributed by atoms with Crippen molar-refractivity contribution in [3.05, 3.63) is 59.1 Å². The second kappa shape index (κ2) is 9.25. The van der Waals surface area contributed by atoms with Gasteiger partial charge in [0.2, 0.25) is 5.91 Å². The lowest BCUT2D eigenvalue weighted by Gasteiger charge is -2.19. The molecule has 2 atom stereocenters. The van der Waals surface area contributed by atoms with Crippen LogP contribution in [-0.4, -0.2) is 37.0 Å². The van der Waals surface area contributed by atoms with E-state index in [0.717, 1.165) is 42.3 Å². The van der Waals surface area contributed by atoms with Gasteiger partial charge in [-0.05, 0) is 49.2 Å². The van der Waals surface area contributed by atoms with Crippen molar-refractivity contribution >= 4 is 23.2 Å². The van der Waals surface area contributed by atoms with Gasteiger partial charge in [-0.3, -0.25) is 4.79 Å². The summed E-state index contributed by atoms with van der Waals surface area (Å²) in [5.41, 5.74) is 1.79. The summed E-state index contributed by atoms with van der Waals surface area (Å²) in [6, 6.07) is 15.4. The Morgan fingerprint density at radius 1 is 1.15 bits per heavy atom. The molecule has 144 valence electrons. The van der Waals surface area contributed by atoms with Gasteiger partial charge in [0, 0.05) is 17.5 Å². The number of carbonyl (C=O) groups excluding carboxylic acids is 1. The molecule has 2 aromatic rings. The molecule has 0 saturated heterocycles. The Morgan fingerprint density at radius 3 is 2.59 bits per heavy atom. The van der Waals surface area contributed by atoms with Gasteiger partial charge in [-0.15, -0.1) is 0 Å². The molecule has 0 spiro atoms. The highest BCUT2D eigenvalue weighted by Gasteiger charge is 2.44. The molecule has 2 unspecified atom stereocenters. The molecule has 27 heavy (non-hydrogen) atoms. The number of likely N-dealkylation sites (N-methyl/N-ethyl adjacent to an activating group) is 1. The lowest BCUT2D eigenvalue weighted by Crippen LogP contribution is -2.28. The monoisotopic (exact) mass is 386 g/mol. The van der Waals surface area contributed by atoms with Crippen LogP contribution in [0.3, 0.4) is 0 Å². The lowest BCUT2D eigenvalue weighted by molar-refractivity contribution is -0.117. The molecule has 0 aromatic heterocycles. The standard InChI is InChI=1S/C22H27ClN2O2/c1-3-25(4-2)13-14-27-21-12-8-7-11-20(21)24-22(26)18-15-17(18)16-9-5-6-10-19(16)23/h5-12,17-18H,3-4,13-15H2,1-2H3,(H,24,26). The lowest BCUT2D eigenvalue weighted by atomic mass is 10.1.